The molecule has 5 nitrogen and oxygen atoms in total. The summed E-state index contributed by atoms with van der Waals surface area (Å²) in [7, 11) is 0. The van der Waals surface area contributed by atoms with Crippen molar-refractivity contribution < 1.29 is 4.79 Å². The number of halogens is 1. The van der Waals surface area contributed by atoms with Gasteiger partial charge in [-0.25, -0.2) is 4.98 Å². The quantitative estimate of drug-likeness (QED) is 0.631. The van der Waals surface area contributed by atoms with Gasteiger partial charge in [0.1, 0.15) is 11.5 Å². The molecule has 0 radical (unpaired) electrons. The smallest absolute Gasteiger partial charge is 0.273 e. The molecule has 0 spiro atoms. The van der Waals surface area contributed by atoms with Crippen molar-refractivity contribution in [1.29, 1.82) is 0 Å². The van der Waals surface area contributed by atoms with Crippen LogP contribution in [-0.4, -0.2) is 15.9 Å². The molecule has 1 aromatic carbocycles. The highest BCUT2D eigenvalue weighted by Crippen LogP contribution is 2.21. The molecule has 3 rings (SSSR count). The maximum atomic E-state index is 12.1. The fraction of sp³-hybridized carbons (Fsp3) is 0. The molecule has 0 aliphatic carbocycles. The lowest BCUT2D eigenvalue weighted by Crippen LogP contribution is -2.13. The molecule has 0 unspecified atom stereocenters. The van der Waals surface area contributed by atoms with Crippen LogP contribution in [0.15, 0.2) is 47.1 Å². The van der Waals surface area contributed by atoms with E-state index in [4.69, 9.17) is 5.73 Å². The molecule has 6 heteroatoms. The van der Waals surface area contributed by atoms with Gasteiger partial charge in [0.05, 0.1) is 11.2 Å². The number of fused-ring (bicyclic) bond motifs is 1. The van der Waals surface area contributed by atoms with Gasteiger partial charge in [-0.1, -0.05) is 12.1 Å². The summed E-state index contributed by atoms with van der Waals surface area (Å²) in [6.45, 7) is 0. The highest BCUT2D eigenvalue weighted by Gasteiger charge is 2.11. The van der Waals surface area contributed by atoms with E-state index in [1.807, 2.05) is 18.2 Å². The number of nitrogen functional groups attached to an aromatic ring is 1. The normalized spacial score (nSPS) is 10.7. The lowest BCUT2D eigenvalue weighted by atomic mass is 10.2. The number of aromatic amines is 1. The van der Waals surface area contributed by atoms with Crippen molar-refractivity contribution in [2.45, 2.75) is 0 Å². The lowest BCUT2D eigenvalue weighted by Gasteiger charge is -2.02. The van der Waals surface area contributed by atoms with E-state index in [1.54, 1.807) is 24.4 Å². The van der Waals surface area contributed by atoms with Gasteiger partial charge in [0.15, 0.2) is 0 Å². The van der Waals surface area contributed by atoms with E-state index in [9.17, 15) is 4.79 Å². The summed E-state index contributed by atoms with van der Waals surface area (Å²) in [6.07, 6.45) is 1.62. The first-order valence-electron chi connectivity index (χ1n) is 5.93. The molecule has 0 bridgehead atoms. The second kappa shape index (κ2) is 4.97. The number of benzene rings is 1. The molecule has 0 aliphatic heterocycles. The molecule has 0 saturated carbocycles. The van der Waals surface area contributed by atoms with Crippen LogP contribution in [0.5, 0.6) is 0 Å². The molecule has 2 aromatic heterocycles. The molecule has 4 N–H and O–H groups in total. The Morgan fingerprint density at radius 1 is 1.30 bits per heavy atom. The summed E-state index contributed by atoms with van der Waals surface area (Å²) in [6, 6.07) is 10.8. The predicted octanol–water partition coefficient (Wildman–Crippen LogP) is 3.16. The molecule has 2 heterocycles. The van der Waals surface area contributed by atoms with Crippen molar-refractivity contribution in [3.8, 4) is 0 Å². The zero-order valence-corrected chi connectivity index (χ0v) is 11.9. The van der Waals surface area contributed by atoms with Crippen LogP contribution in [0.1, 0.15) is 10.5 Å². The Kier molecular flexibility index (Phi) is 3.15. The molecular formula is C14H11BrN4O. The topological polar surface area (TPSA) is 83.8 Å². The number of H-pyrrole nitrogens is 1. The number of carbonyl (C=O) groups excluding carboxylic acids is 1. The van der Waals surface area contributed by atoms with Crippen molar-refractivity contribution in [2.24, 2.45) is 0 Å². The minimum absolute atomic E-state index is 0.254. The van der Waals surface area contributed by atoms with Gasteiger partial charge in [-0.15, -0.1) is 0 Å². The van der Waals surface area contributed by atoms with Crippen molar-refractivity contribution in [3.63, 3.8) is 0 Å². The van der Waals surface area contributed by atoms with Crippen molar-refractivity contribution >= 4 is 44.2 Å². The molecule has 3 aromatic rings. The van der Waals surface area contributed by atoms with Crippen LogP contribution in [0.25, 0.3) is 10.9 Å². The molecule has 1 amide bonds. The Hall–Kier alpha value is -2.34. The summed E-state index contributed by atoms with van der Waals surface area (Å²) in [4.78, 5) is 19.3. The molecular weight excluding hydrogens is 320 g/mol. The first kappa shape index (κ1) is 12.7. The first-order chi connectivity index (χ1) is 9.63. The van der Waals surface area contributed by atoms with Gasteiger partial charge in [-0.2, -0.15) is 0 Å². The number of carbonyl (C=O) groups is 1. The van der Waals surface area contributed by atoms with Gasteiger partial charge in [-0.3, -0.25) is 4.79 Å². The zero-order valence-electron chi connectivity index (χ0n) is 10.4. The lowest BCUT2D eigenvalue weighted by molar-refractivity contribution is 0.102. The Balaban J connectivity index is 1.89. The molecule has 20 heavy (non-hydrogen) atoms. The van der Waals surface area contributed by atoms with Crippen molar-refractivity contribution in [2.75, 3.05) is 11.1 Å². The third kappa shape index (κ3) is 2.37. The molecule has 0 saturated heterocycles. The number of hydrogen-bond acceptors (Lipinski definition) is 3. The van der Waals surface area contributed by atoms with E-state index in [1.165, 1.54) is 0 Å². The van der Waals surface area contributed by atoms with Crippen molar-refractivity contribution in [3.05, 3.63) is 52.8 Å². The maximum absolute atomic E-state index is 12.1. The minimum Gasteiger partial charge on any atom is -0.397 e. The van der Waals surface area contributed by atoms with E-state index < -0.39 is 0 Å². The average Bonchev–Trinajstić information content (AvgIpc) is 2.87. The number of nitrogens with two attached hydrogens (primary N) is 1. The van der Waals surface area contributed by atoms with Crippen LogP contribution < -0.4 is 11.1 Å². The zero-order chi connectivity index (χ0) is 14.1. The van der Waals surface area contributed by atoms with Gasteiger partial charge in [0.2, 0.25) is 0 Å². The fourth-order valence-electron chi connectivity index (χ4n) is 1.94. The highest BCUT2D eigenvalue weighted by molar-refractivity contribution is 9.10. The summed E-state index contributed by atoms with van der Waals surface area (Å²) >= 11 is 3.29. The van der Waals surface area contributed by atoms with Gasteiger partial charge >= 0.3 is 0 Å². The average molecular weight is 331 g/mol. The predicted molar refractivity (Wildman–Crippen MR) is 82.6 cm³/mol. The molecule has 0 fully saturated rings. The number of nitrogens with zero attached hydrogens (tertiary/aromatic N) is 1. The number of pyridine rings is 1. The van der Waals surface area contributed by atoms with Gasteiger partial charge in [0, 0.05) is 16.1 Å². The number of hydrogen-bond donors (Lipinski definition) is 3. The van der Waals surface area contributed by atoms with Gasteiger partial charge in [-0.05, 0) is 40.2 Å². The number of nitrogens with one attached hydrogen (secondary N) is 2. The standard InChI is InChI=1S/C14H11BrN4O/c15-9-4-5-12(17-7-9)19-14(20)11-6-8-2-1-3-10(16)13(8)18-11/h1-7,18H,16H2,(H,17,19,20). The Morgan fingerprint density at radius 2 is 2.15 bits per heavy atom. The molecule has 0 aliphatic rings. The number of rotatable bonds is 2. The summed E-state index contributed by atoms with van der Waals surface area (Å²) in [5.74, 6) is 0.236. The molecule has 100 valence electrons. The monoisotopic (exact) mass is 330 g/mol. The largest absolute Gasteiger partial charge is 0.397 e. The number of anilines is 2. The van der Waals surface area contributed by atoms with E-state index in [2.05, 4.69) is 31.2 Å². The van der Waals surface area contributed by atoms with E-state index in [0.717, 1.165) is 15.4 Å². The summed E-state index contributed by atoms with van der Waals surface area (Å²) in [5.41, 5.74) is 7.68. The number of para-hydroxylation sites is 1. The molecule has 0 atom stereocenters. The Bertz CT molecular complexity index is 779. The second-order valence-corrected chi connectivity index (χ2v) is 5.23. The van der Waals surface area contributed by atoms with E-state index >= 15 is 0 Å². The second-order valence-electron chi connectivity index (χ2n) is 4.31. The highest BCUT2D eigenvalue weighted by atomic mass is 79.9. The Labute approximate surface area is 123 Å². The van der Waals surface area contributed by atoms with Crippen LogP contribution in [-0.2, 0) is 0 Å². The third-order valence-corrected chi connectivity index (χ3v) is 3.37. The third-order valence-electron chi connectivity index (χ3n) is 2.90. The summed E-state index contributed by atoms with van der Waals surface area (Å²) in [5, 5.41) is 3.62. The van der Waals surface area contributed by atoms with Crippen LogP contribution in [0.3, 0.4) is 0 Å². The van der Waals surface area contributed by atoms with Gasteiger partial charge in [0.25, 0.3) is 5.91 Å². The minimum atomic E-state index is -0.254. The SMILES string of the molecule is Nc1cccc2cc(C(=O)Nc3ccc(Br)cn3)[nH]c12. The summed E-state index contributed by atoms with van der Waals surface area (Å²) < 4.78 is 0.855. The van der Waals surface area contributed by atoms with Crippen LogP contribution in [0.2, 0.25) is 0 Å². The van der Waals surface area contributed by atoms with Crippen molar-refractivity contribution in [1.82, 2.24) is 9.97 Å². The van der Waals surface area contributed by atoms with Crippen LogP contribution in [0, 0.1) is 0 Å². The maximum Gasteiger partial charge on any atom is 0.273 e. The van der Waals surface area contributed by atoms with Crippen LogP contribution in [0.4, 0.5) is 11.5 Å². The fourth-order valence-corrected chi connectivity index (χ4v) is 2.17. The van der Waals surface area contributed by atoms with Gasteiger partial charge < -0.3 is 16.0 Å². The number of amides is 1. The van der Waals surface area contributed by atoms with E-state index in [-0.39, 0.29) is 5.91 Å². The van der Waals surface area contributed by atoms with E-state index in [0.29, 0.717) is 17.2 Å². The Morgan fingerprint density at radius 3 is 2.85 bits per heavy atom. The number of aromatic nitrogens is 2. The van der Waals surface area contributed by atoms with Crippen LogP contribution >= 0.6 is 15.9 Å². The first-order valence-corrected chi connectivity index (χ1v) is 6.73.